The van der Waals surface area contributed by atoms with Crippen LogP contribution in [-0.2, 0) is 26.2 Å². The number of nitrogens with zero attached hydrogens (tertiary/aromatic N) is 2. The molecule has 0 aromatic heterocycles. The zero-order valence-electron chi connectivity index (χ0n) is 21.7. The summed E-state index contributed by atoms with van der Waals surface area (Å²) in [6, 6.07) is 18.6. The highest BCUT2D eigenvalue weighted by atomic mass is 35.5. The number of para-hydroxylation sites is 1. The summed E-state index contributed by atoms with van der Waals surface area (Å²) in [6.07, 6.45) is 0. The Labute approximate surface area is 228 Å². The normalized spacial score (nSPS) is 12.5. The molecule has 0 saturated heterocycles. The smallest absolute Gasteiger partial charge is 0.264 e. The number of carbonyl (C=O) groups is 2. The first-order valence-electron chi connectivity index (χ1n) is 12.0. The van der Waals surface area contributed by atoms with E-state index in [-0.39, 0.29) is 17.1 Å². The number of rotatable bonds is 9. The van der Waals surface area contributed by atoms with Gasteiger partial charge in [0.05, 0.1) is 10.6 Å². The lowest BCUT2D eigenvalue weighted by molar-refractivity contribution is -0.140. The van der Waals surface area contributed by atoms with Gasteiger partial charge in [0.15, 0.2) is 0 Å². The molecule has 1 N–H and O–H groups in total. The third-order valence-electron chi connectivity index (χ3n) is 5.64. The minimum atomic E-state index is -4.34. The first-order valence-corrected chi connectivity index (χ1v) is 13.8. The van der Waals surface area contributed by atoms with Crippen molar-refractivity contribution in [3.63, 3.8) is 0 Å². The summed E-state index contributed by atoms with van der Waals surface area (Å²) in [5, 5.41) is 3.30. The summed E-state index contributed by atoms with van der Waals surface area (Å²) in [7, 11) is -4.34. The second-order valence-corrected chi connectivity index (χ2v) is 12.1. The summed E-state index contributed by atoms with van der Waals surface area (Å²) >= 11 is 6.13. The lowest BCUT2D eigenvalue weighted by Crippen LogP contribution is -2.54. The minimum absolute atomic E-state index is 0.0192. The van der Waals surface area contributed by atoms with Crippen LogP contribution in [0.15, 0.2) is 83.8 Å². The van der Waals surface area contributed by atoms with Crippen molar-refractivity contribution in [2.24, 2.45) is 0 Å². The van der Waals surface area contributed by atoms with Crippen LogP contribution in [0.5, 0.6) is 0 Å². The molecule has 1 atom stereocenters. The monoisotopic (exact) mass is 559 g/mol. The van der Waals surface area contributed by atoms with E-state index in [0.29, 0.717) is 10.6 Å². The molecule has 0 bridgehead atoms. The van der Waals surface area contributed by atoms with Gasteiger partial charge in [-0.25, -0.2) is 12.8 Å². The predicted octanol–water partition coefficient (Wildman–Crippen LogP) is 5.01. The maximum atomic E-state index is 14.9. The van der Waals surface area contributed by atoms with Crippen molar-refractivity contribution in [2.75, 3.05) is 10.8 Å². The summed E-state index contributed by atoms with van der Waals surface area (Å²) in [4.78, 5) is 28.0. The molecule has 0 saturated carbocycles. The molecule has 10 heteroatoms. The van der Waals surface area contributed by atoms with Gasteiger partial charge in [0.2, 0.25) is 11.8 Å². The van der Waals surface area contributed by atoms with Gasteiger partial charge < -0.3 is 10.2 Å². The molecule has 3 aromatic rings. The van der Waals surface area contributed by atoms with Crippen molar-refractivity contribution in [3.8, 4) is 0 Å². The molecular weight excluding hydrogens is 529 g/mol. The fourth-order valence-corrected chi connectivity index (χ4v) is 5.43. The standard InChI is InChI=1S/C28H31ClFN3O4S/c1-20(27(35)31-28(2,3)4)32(18-21-11-10-12-22(29)17-21)26(34)19-33(25-16-9-8-15-24(25)30)38(36,37)23-13-6-5-7-14-23/h5-17,20H,18-19H2,1-4H3,(H,31,35)/t20-/m1/s1. The van der Waals surface area contributed by atoms with E-state index >= 15 is 0 Å². The highest BCUT2D eigenvalue weighted by molar-refractivity contribution is 7.92. The molecule has 0 radical (unpaired) electrons. The number of anilines is 1. The predicted molar refractivity (Wildman–Crippen MR) is 147 cm³/mol. The Morgan fingerprint density at radius 1 is 0.974 bits per heavy atom. The molecule has 202 valence electrons. The largest absolute Gasteiger partial charge is 0.350 e. The van der Waals surface area contributed by atoms with Crippen LogP contribution in [0.25, 0.3) is 0 Å². The Balaban J connectivity index is 2.04. The minimum Gasteiger partial charge on any atom is -0.350 e. The van der Waals surface area contributed by atoms with E-state index < -0.39 is 45.8 Å². The number of benzene rings is 3. The van der Waals surface area contributed by atoms with Crippen LogP contribution in [-0.4, -0.2) is 43.3 Å². The second kappa shape index (κ2) is 12.0. The first-order chi connectivity index (χ1) is 17.8. The van der Waals surface area contributed by atoms with E-state index in [1.54, 1.807) is 49.4 Å². The van der Waals surface area contributed by atoms with Crippen molar-refractivity contribution in [3.05, 3.63) is 95.3 Å². The van der Waals surface area contributed by atoms with E-state index in [1.165, 1.54) is 35.2 Å². The van der Waals surface area contributed by atoms with E-state index in [9.17, 15) is 22.4 Å². The van der Waals surface area contributed by atoms with Crippen LogP contribution in [0.4, 0.5) is 10.1 Å². The molecule has 0 aliphatic heterocycles. The Kier molecular flexibility index (Phi) is 9.17. The number of carbonyl (C=O) groups excluding carboxylic acids is 2. The average Bonchev–Trinajstić information content (AvgIpc) is 2.85. The van der Waals surface area contributed by atoms with Gasteiger partial charge in [0, 0.05) is 17.1 Å². The van der Waals surface area contributed by atoms with Gasteiger partial charge in [-0.1, -0.05) is 54.1 Å². The maximum absolute atomic E-state index is 14.9. The molecule has 0 aliphatic rings. The Bertz CT molecular complexity index is 1390. The lowest BCUT2D eigenvalue weighted by atomic mass is 10.1. The van der Waals surface area contributed by atoms with Gasteiger partial charge in [0.25, 0.3) is 10.0 Å². The van der Waals surface area contributed by atoms with Crippen LogP contribution < -0.4 is 9.62 Å². The van der Waals surface area contributed by atoms with Crippen LogP contribution in [0.1, 0.15) is 33.3 Å². The van der Waals surface area contributed by atoms with Crippen LogP contribution in [0.2, 0.25) is 5.02 Å². The third-order valence-corrected chi connectivity index (χ3v) is 7.65. The number of amides is 2. The molecule has 0 aliphatic carbocycles. The van der Waals surface area contributed by atoms with Crippen molar-refractivity contribution in [2.45, 2.75) is 50.7 Å². The van der Waals surface area contributed by atoms with Gasteiger partial charge in [0.1, 0.15) is 18.4 Å². The average molecular weight is 560 g/mol. The SMILES string of the molecule is C[C@H](C(=O)NC(C)(C)C)N(Cc1cccc(Cl)c1)C(=O)CN(c1ccccc1F)S(=O)(=O)c1ccccc1. The van der Waals surface area contributed by atoms with E-state index in [2.05, 4.69) is 5.32 Å². The Morgan fingerprint density at radius 2 is 1.61 bits per heavy atom. The van der Waals surface area contributed by atoms with Crippen molar-refractivity contribution < 1.29 is 22.4 Å². The molecule has 38 heavy (non-hydrogen) atoms. The summed E-state index contributed by atoms with van der Waals surface area (Å²) in [6.45, 7) is 6.25. The highest BCUT2D eigenvalue weighted by Gasteiger charge is 2.34. The molecule has 0 fully saturated rings. The molecule has 0 heterocycles. The van der Waals surface area contributed by atoms with Gasteiger partial charge >= 0.3 is 0 Å². The highest BCUT2D eigenvalue weighted by Crippen LogP contribution is 2.27. The van der Waals surface area contributed by atoms with Gasteiger partial charge in [-0.15, -0.1) is 0 Å². The van der Waals surface area contributed by atoms with Crippen molar-refractivity contribution >= 4 is 39.1 Å². The molecular formula is C28H31ClFN3O4S. The summed E-state index contributed by atoms with van der Waals surface area (Å²) in [5.74, 6) is -1.92. The van der Waals surface area contributed by atoms with E-state index in [0.717, 1.165) is 10.4 Å². The second-order valence-electron chi connectivity index (χ2n) is 9.84. The van der Waals surface area contributed by atoms with Crippen molar-refractivity contribution in [1.82, 2.24) is 10.2 Å². The number of sulfonamides is 1. The fourth-order valence-electron chi connectivity index (χ4n) is 3.78. The van der Waals surface area contributed by atoms with Gasteiger partial charge in [-0.05, 0) is 69.7 Å². The fraction of sp³-hybridized carbons (Fsp3) is 0.286. The molecule has 3 rings (SSSR count). The van der Waals surface area contributed by atoms with Crippen molar-refractivity contribution in [1.29, 1.82) is 0 Å². The Morgan fingerprint density at radius 3 is 2.21 bits per heavy atom. The van der Waals surface area contributed by atoms with E-state index in [4.69, 9.17) is 11.6 Å². The summed E-state index contributed by atoms with van der Waals surface area (Å²) in [5.41, 5.74) is -0.199. The van der Waals surface area contributed by atoms with E-state index in [1.807, 2.05) is 20.8 Å². The number of nitrogens with one attached hydrogen (secondary N) is 1. The molecule has 2 amide bonds. The topological polar surface area (TPSA) is 86.8 Å². The first kappa shape index (κ1) is 29.1. The van der Waals surface area contributed by atoms with Gasteiger partial charge in [-0.3, -0.25) is 13.9 Å². The number of hydrogen-bond donors (Lipinski definition) is 1. The third kappa shape index (κ3) is 7.33. The number of halogens is 2. The van der Waals surface area contributed by atoms with Gasteiger partial charge in [-0.2, -0.15) is 0 Å². The van der Waals surface area contributed by atoms with Crippen LogP contribution >= 0.6 is 11.6 Å². The molecule has 7 nitrogen and oxygen atoms in total. The lowest BCUT2D eigenvalue weighted by Gasteiger charge is -2.33. The molecule has 0 spiro atoms. The van der Waals surface area contributed by atoms with Crippen LogP contribution in [0.3, 0.4) is 0 Å². The Hall–Kier alpha value is -3.43. The maximum Gasteiger partial charge on any atom is 0.264 e. The zero-order valence-corrected chi connectivity index (χ0v) is 23.3. The summed E-state index contributed by atoms with van der Waals surface area (Å²) < 4.78 is 42.9. The number of hydrogen-bond acceptors (Lipinski definition) is 4. The zero-order chi connectivity index (χ0) is 28.1. The molecule has 3 aromatic carbocycles. The van der Waals surface area contributed by atoms with Crippen LogP contribution in [0, 0.1) is 5.82 Å². The molecule has 0 unspecified atom stereocenters. The quantitative estimate of drug-likeness (QED) is 0.399.